The molecule has 1 saturated carbocycles. The second kappa shape index (κ2) is 14.6. The Morgan fingerprint density at radius 1 is 0.628 bits per heavy atom. The van der Waals surface area contributed by atoms with Crippen molar-refractivity contribution in [2.45, 2.75) is 69.6 Å². The van der Waals surface area contributed by atoms with Gasteiger partial charge in [-0.15, -0.1) is 0 Å². The van der Waals surface area contributed by atoms with Crippen molar-refractivity contribution in [1.29, 1.82) is 0 Å². The van der Waals surface area contributed by atoms with Crippen LogP contribution in [0.15, 0.2) is 72.8 Å². The average Bonchev–Trinajstić information content (AvgIpc) is 3.28. The van der Waals surface area contributed by atoms with Gasteiger partial charge in [-0.3, -0.25) is 9.59 Å². The lowest BCUT2D eigenvalue weighted by molar-refractivity contribution is -0.118. The Morgan fingerprint density at radius 2 is 1.09 bits per heavy atom. The van der Waals surface area contributed by atoms with Gasteiger partial charge in [0.2, 0.25) is 0 Å². The Labute approximate surface area is 252 Å². The Kier molecular flexibility index (Phi) is 10.2. The number of benzene rings is 2. The second-order valence-corrected chi connectivity index (χ2v) is 11.3. The van der Waals surface area contributed by atoms with Crippen molar-refractivity contribution >= 4 is 11.6 Å². The number of hydrogen-bond acceptors (Lipinski definition) is 8. The van der Waals surface area contributed by atoms with Gasteiger partial charge in [0.1, 0.15) is 23.1 Å². The topological polar surface area (TPSA) is 104 Å². The van der Waals surface area contributed by atoms with Crippen LogP contribution in [0, 0.1) is 0 Å². The highest BCUT2D eigenvalue weighted by atomic mass is 16.5. The summed E-state index contributed by atoms with van der Waals surface area (Å²) in [6, 6.07) is 23.1. The van der Waals surface area contributed by atoms with Crippen LogP contribution in [-0.2, 0) is 35.3 Å². The normalized spacial score (nSPS) is 16.7. The number of carbonyl (C=O) groups is 2. The maximum atomic E-state index is 12.7. The molecule has 0 saturated heterocycles. The molecule has 4 aromatic rings. The summed E-state index contributed by atoms with van der Waals surface area (Å²) in [5.41, 5.74) is 5.14. The van der Waals surface area contributed by atoms with Crippen molar-refractivity contribution in [2.75, 3.05) is 14.2 Å². The number of ether oxygens (including phenoxy) is 2. The summed E-state index contributed by atoms with van der Waals surface area (Å²) in [4.78, 5) is 25.3. The number of aromatic nitrogens is 4. The predicted octanol–water partition coefficient (Wildman–Crippen LogP) is 5.82. The minimum absolute atomic E-state index is 0.0915. The quantitative estimate of drug-likeness (QED) is 0.194. The van der Waals surface area contributed by atoms with Gasteiger partial charge in [-0.2, -0.15) is 20.4 Å². The smallest absolute Gasteiger partial charge is 0.143 e. The van der Waals surface area contributed by atoms with E-state index in [0.717, 1.165) is 66.1 Å². The van der Waals surface area contributed by atoms with Gasteiger partial charge >= 0.3 is 0 Å². The van der Waals surface area contributed by atoms with E-state index < -0.39 is 0 Å². The fourth-order valence-corrected chi connectivity index (χ4v) is 5.81. The predicted molar refractivity (Wildman–Crippen MR) is 163 cm³/mol. The van der Waals surface area contributed by atoms with Gasteiger partial charge in [0.05, 0.1) is 49.8 Å². The Morgan fingerprint density at radius 3 is 1.49 bits per heavy atom. The first kappa shape index (κ1) is 30.0. The minimum Gasteiger partial charge on any atom is -0.497 e. The van der Waals surface area contributed by atoms with Gasteiger partial charge in [0.25, 0.3) is 0 Å². The number of ketones is 2. The van der Waals surface area contributed by atoms with E-state index in [2.05, 4.69) is 20.4 Å². The van der Waals surface area contributed by atoms with Crippen LogP contribution in [0.2, 0.25) is 0 Å². The van der Waals surface area contributed by atoms with Crippen molar-refractivity contribution in [3.05, 3.63) is 107 Å². The SMILES string of the molecule is COc1cccc(CC(=O)Cc2ccc([C@@H]3CCCC[C@H](c4ccc(CC(=O)Cc5cccc(OC)c5)nn4)C3)nn2)c1. The van der Waals surface area contributed by atoms with Gasteiger partial charge in [-0.25, -0.2) is 0 Å². The zero-order valence-corrected chi connectivity index (χ0v) is 24.9. The monoisotopic (exact) mass is 578 g/mol. The van der Waals surface area contributed by atoms with Gasteiger partial charge in [-0.1, -0.05) is 37.1 Å². The zero-order chi connectivity index (χ0) is 30.0. The summed E-state index contributed by atoms with van der Waals surface area (Å²) in [5.74, 6) is 2.21. The molecule has 0 N–H and O–H groups in total. The summed E-state index contributed by atoms with van der Waals surface area (Å²) in [5, 5.41) is 17.9. The fourth-order valence-electron chi connectivity index (χ4n) is 5.81. The van der Waals surface area contributed by atoms with Crippen LogP contribution in [0.5, 0.6) is 11.5 Å². The van der Waals surface area contributed by atoms with Crippen LogP contribution < -0.4 is 9.47 Å². The summed E-state index contributed by atoms with van der Waals surface area (Å²) < 4.78 is 10.5. The Hall–Kier alpha value is -4.46. The molecule has 5 rings (SSSR count). The van der Waals surface area contributed by atoms with Gasteiger partial charge in [0.15, 0.2) is 0 Å². The molecular weight excluding hydrogens is 540 g/mol. The van der Waals surface area contributed by atoms with E-state index in [0.29, 0.717) is 24.2 Å². The van der Waals surface area contributed by atoms with E-state index in [-0.39, 0.29) is 36.2 Å². The molecule has 2 atom stereocenters. The van der Waals surface area contributed by atoms with E-state index in [9.17, 15) is 9.59 Å². The molecule has 0 aliphatic heterocycles. The first-order chi connectivity index (χ1) is 21.0. The van der Waals surface area contributed by atoms with Crippen molar-refractivity contribution in [1.82, 2.24) is 20.4 Å². The molecule has 222 valence electrons. The van der Waals surface area contributed by atoms with Gasteiger partial charge < -0.3 is 9.47 Å². The number of carbonyl (C=O) groups excluding carboxylic acids is 2. The Balaban J connectivity index is 1.16. The molecule has 2 aromatic heterocycles. The first-order valence-electron chi connectivity index (χ1n) is 14.9. The average molecular weight is 579 g/mol. The van der Waals surface area contributed by atoms with Crippen LogP contribution in [0.3, 0.4) is 0 Å². The van der Waals surface area contributed by atoms with Crippen molar-refractivity contribution in [3.8, 4) is 11.5 Å². The first-order valence-corrected chi connectivity index (χ1v) is 14.9. The lowest BCUT2D eigenvalue weighted by atomic mass is 9.88. The third-order valence-corrected chi connectivity index (χ3v) is 8.07. The molecule has 8 heteroatoms. The summed E-state index contributed by atoms with van der Waals surface area (Å²) >= 11 is 0. The summed E-state index contributed by atoms with van der Waals surface area (Å²) in [7, 11) is 3.24. The van der Waals surface area contributed by atoms with Crippen LogP contribution >= 0.6 is 0 Å². The minimum atomic E-state index is 0.0915. The van der Waals surface area contributed by atoms with E-state index in [1.807, 2.05) is 72.8 Å². The maximum absolute atomic E-state index is 12.7. The van der Waals surface area contributed by atoms with Crippen LogP contribution in [0.1, 0.15) is 77.8 Å². The molecule has 0 bridgehead atoms. The van der Waals surface area contributed by atoms with Gasteiger partial charge in [0, 0.05) is 24.7 Å². The molecule has 0 radical (unpaired) electrons. The molecule has 1 aliphatic rings. The molecule has 0 spiro atoms. The molecule has 0 amide bonds. The lowest BCUT2D eigenvalue weighted by Gasteiger charge is -2.19. The molecular formula is C35H38N4O4. The van der Waals surface area contributed by atoms with E-state index in [1.54, 1.807) is 14.2 Å². The number of Topliss-reactive ketones (excluding diaryl/α,β-unsaturated/α-hetero) is 2. The standard InChI is InChI=1S/C35H38N4O4/c1-42-32-11-5-7-24(19-32)17-30(40)22-28-13-15-34(38-36-28)26-9-3-4-10-27(21-26)35-16-14-29(37-39-35)23-31(41)18-25-8-6-12-33(20-25)43-2/h5-8,11-16,19-20,26-27H,3-4,9-10,17-18,21-23H2,1-2H3/t26-,27+. The molecule has 8 nitrogen and oxygen atoms in total. The molecule has 2 heterocycles. The van der Waals surface area contributed by atoms with Crippen LogP contribution in [-0.4, -0.2) is 46.2 Å². The maximum Gasteiger partial charge on any atom is 0.143 e. The second-order valence-electron chi connectivity index (χ2n) is 11.3. The zero-order valence-electron chi connectivity index (χ0n) is 24.9. The van der Waals surface area contributed by atoms with Crippen LogP contribution in [0.25, 0.3) is 0 Å². The molecule has 1 fully saturated rings. The van der Waals surface area contributed by atoms with E-state index in [4.69, 9.17) is 9.47 Å². The number of methoxy groups -OCH3 is 2. The molecule has 0 unspecified atom stereocenters. The third-order valence-electron chi connectivity index (χ3n) is 8.07. The Bertz CT molecular complexity index is 1410. The third kappa shape index (κ3) is 8.53. The van der Waals surface area contributed by atoms with Crippen molar-refractivity contribution < 1.29 is 19.1 Å². The highest BCUT2D eigenvalue weighted by Crippen LogP contribution is 2.38. The van der Waals surface area contributed by atoms with Crippen LogP contribution in [0.4, 0.5) is 0 Å². The molecule has 1 aliphatic carbocycles. The van der Waals surface area contributed by atoms with E-state index >= 15 is 0 Å². The highest BCUT2D eigenvalue weighted by Gasteiger charge is 2.25. The highest BCUT2D eigenvalue weighted by molar-refractivity contribution is 5.83. The lowest BCUT2D eigenvalue weighted by Crippen LogP contribution is -2.12. The van der Waals surface area contributed by atoms with E-state index in [1.165, 1.54) is 0 Å². The van der Waals surface area contributed by atoms with Gasteiger partial charge in [-0.05, 0) is 78.9 Å². The number of hydrogen-bond donors (Lipinski definition) is 0. The fraction of sp³-hybridized carbons (Fsp3) is 0.371. The van der Waals surface area contributed by atoms with Crippen molar-refractivity contribution in [3.63, 3.8) is 0 Å². The molecule has 43 heavy (non-hydrogen) atoms. The number of rotatable bonds is 12. The summed E-state index contributed by atoms with van der Waals surface area (Å²) in [6.45, 7) is 0. The molecule has 2 aromatic carbocycles. The van der Waals surface area contributed by atoms with Crippen molar-refractivity contribution in [2.24, 2.45) is 0 Å². The largest absolute Gasteiger partial charge is 0.497 e. The summed E-state index contributed by atoms with van der Waals surface area (Å²) in [6.07, 6.45) is 6.42. The number of nitrogens with zero attached hydrogens (tertiary/aromatic N) is 4.